The lowest BCUT2D eigenvalue weighted by Crippen LogP contribution is -2.18. The van der Waals surface area contributed by atoms with Crippen molar-refractivity contribution >= 4 is 10.9 Å². The Morgan fingerprint density at radius 1 is 1.28 bits per heavy atom. The molecule has 2 heterocycles. The van der Waals surface area contributed by atoms with E-state index < -0.39 is 23.8 Å². The van der Waals surface area contributed by atoms with E-state index in [2.05, 4.69) is 26.8 Å². The number of alkyl halides is 2. The molecule has 0 saturated heterocycles. The molecule has 2 aromatic heterocycles. The molecule has 5 nitrogen and oxygen atoms in total. The minimum Gasteiger partial charge on any atom is -0.331 e. The summed E-state index contributed by atoms with van der Waals surface area (Å²) >= 11 is 0. The highest BCUT2D eigenvalue weighted by molar-refractivity contribution is 5.78. The number of hydrogen-bond donors (Lipinski definition) is 1. The van der Waals surface area contributed by atoms with Crippen LogP contribution in [0, 0.1) is 24.6 Å². The first-order valence-corrected chi connectivity index (χ1v) is 8.96. The van der Waals surface area contributed by atoms with E-state index >= 15 is 0 Å². The molecule has 0 bridgehead atoms. The minimum atomic E-state index is -2.89. The van der Waals surface area contributed by atoms with E-state index in [0.29, 0.717) is 22.4 Å². The molecule has 8 heteroatoms. The van der Waals surface area contributed by atoms with Gasteiger partial charge in [-0.3, -0.25) is 4.99 Å². The summed E-state index contributed by atoms with van der Waals surface area (Å²) in [6.07, 6.45) is -1.24. The number of pyridine rings is 1. The molecule has 1 aromatic carbocycles. The quantitative estimate of drug-likeness (QED) is 0.687. The molecular formula is C21H20F3N5. The summed E-state index contributed by atoms with van der Waals surface area (Å²) in [6.45, 7) is 3.65. The first-order chi connectivity index (χ1) is 13.8. The third kappa shape index (κ3) is 4.15. The Morgan fingerprint density at radius 2 is 2.00 bits per heavy atom. The van der Waals surface area contributed by atoms with Gasteiger partial charge in [-0.1, -0.05) is 24.1 Å². The van der Waals surface area contributed by atoms with Crippen LogP contribution in [-0.2, 0) is 7.05 Å². The maximum atomic E-state index is 14.5. The largest absolute Gasteiger partial charge is 0.331 e. The number of rotatable bonds is 3. The number of nitrogens with zero attached hydrogens (tertiary/aromatic N) is 4. The van der Waals surface area contributed by atoms with Crippen LogP contribution < -0.4 is 11.2 Å². The van der Waals surface area contributed by atoms with Gasteiger partial charge in [-0.25, -0.2) is 23.1 Å². The number of nitrogens with two attached hydrogens (primary N) is 1. The molecule has 0 saturated carbocycles. The topological polar surface area (TPSA) is 69.1 Å². The second-order valence-corrected chi connectivity index (χ2v) is 6.49. The van der Waals surface area contributed by atoms with E-state index in [1.807, 2.05) is 18.5 Å². The van der Waals surface area contributed by atoms with E-state index in [4.69, 9.17) is 5.73 Å². The van der Waals surface area contributed by atoms with Gasteiger partial charge >= 0.3 is 0 Å². The van der Waals surface area contributed by atoms with Crippen LogP contribution in [0.25, 0.3) is 10.9 Å². The van der Waals surface area contributed by atoms with Crippen molar-refractivity contribution in [1.82, 2.24) is 14.5 Å². The maximum absolute atomic E-state index is 14.5. The summed E-state index contributed by atoms with van der Waals surface area (Å²) < 4.78 is 42.5. The normalized spacial score (nSPS) is 12.9. The second kappa shape index (κ2) is 8.45. The Kier molecular flexibility index (Phi) is 5.99. The van der Waals surface area contributed by atoms with Gasteiger partial charge in [0.05, 0.1) is 29.9 Å². The zero-order chi connectivity index (χ0) is 21.1. The zero-order valence-corrected chi connectivity index (χ0v) is 16.2. The van der Waals surface area contributed by atoms with Gasteiger partial charge < -0.3 is 10.3 Å². The molecule has 0 aliphatic rings. The fourth-order valence-corrected chi connectivity index (χ4v) is 2.98. The fourth-order valence-electron chi connectivity index (χ4n) is 2.98. The number of aryl methyl sites for hydroxylation is 2. The Morgan fingerprint density at radius 3 is 2.69 bits per heavy atom. The third-order valence-electron chi connectivity index (χ3n) is 4.62. The Labute approximate surface area is 166 Å². The number of benzene rings is 1. The second-order valence-electron chi connectivity index (χ2n) is 6.49. The van der Waals surface area contributed by atoms with Gasteiger partial charge in [0.25, 0.3) is 6.43 Å². The third-order valence-corrected chi connectivity index (χ3v) is 4.62. The van der Waals surface area contributed by atoms with Crippen LogP contribution in [-0.4, -0.2) is 21.1 Å². The van der Waals surface area contributed by atoms with Crippen molar-refractivity contribution in [3.8, 4) is 11.8 Å². The lowest BCUT2D eigenvalue weighted by Gasteiger charge is -2.13. The summed E-state index contributed by atoms with van der Waals surface area (Å²) in [4.78, 5) is 13.3. The highest BCUT2D eigenvalue weighted by Crippen LogP contribution is 2.28. The molecule has 0 fully saturated rings. The van der Waals surface area contributed by atoms with Crippen molar-refractivity contribution in [2.75, 3.05) is 6.54 Å². The Bertz CT molecular complexity index is 1190. The average molecular weight is 399 g/mol. The summed E-state index contributed by atoms with van der Waals surface area (Å²) in [7, 11) is 1.84. The maximum Gasteiger partial charge on any atom is 0.266 e. The van der Waals surface area contributed by atoms with Crippen molar-refractivity contribution in [1.29, 1.82) is 0 Å². The fraction of sp³-hybridized carbons (Fsp3) is 0.286. The lowest BCUT2D eigenvalue weighted by molar-refractivity contribution is 0.146. The van der Waals surface area contributed by atoms with Crippen LogP contribution in [0.2, 0.25) is 0 Å². The Hall–Kier alpha value is -3.18. The van der Waals surface area contributed by atoms with Crippen molar-refractivity contribution in [2.45, 2.75) is 26.3 Å². The van der Waals surface area contributed by atoms with Gasteiger partial charge in [0.15, 0.2) is 5.49 Å². The smallest absolute Gasteiger partial charge is 0.266 e. The predicted molar refractivity (Wildman–Crippen MR) is 105 cm³/mol. The average Bonchev–Trinajstić information content (AvgIpc) is 2.70. The monoisotopic (exact) mass is 399 g/mol. The molecule has 3 aromatic rings. The number of halogens is 3. The minimum absolute atomic E-state index is 0.0841. The van der Waals surface area contributed by atoms with Crippen LogP contribution in [0.5, 0.6) is 0 Å². The van der Waals surface area contributed by atoms with E-state index in [1.54, 1.807) is 19.2 Å². The lowest BCUT2D eigenvalue weighted by atomic mass is 10.0. The molecule has 29 heavy (non-hydrogen) atoms. The highest BCUT2D eigenvalue weighted by atomic mass is 19.3. The van der Waals surface area contributed by atoms with Gasteiger partial charge in [-0.05, 0) is 25.8 Å². The first-order valence-electron chi connectivity index (χ1n) is 8.96. The molecule has 2 N–H and O–H groups in total. The van der Waals surface area contributed by atoms with Gasteiger partial charge in [0.2, 0.25) is 0 Å². The van der Waals surface area contributed by atoms with E-state index in [-0.39, 0.29) is 12.1 Å². The van der Waals surface area contributed by atoms with E-state index in [0.717, 1.165) is 11.6 Å². The molecule has 0 amide bonds. The molecule has 1 unspecified atom stereocenters. The number of hydrogen-bond acceptors (Lipinski definition) is 4. The first kappa shape index (κ1) is 20.6. The van der Waals surface area contributed by atoms with Crippen molar-refractivity contribution in [2.24, 2.45) is 17.8 Å². The summed E-state index contributed by atoms with van der Waals surface area (Å²) in [6, 6.07) is 4.95. The summed E-state index contributed by atoms with van der Waals surface area (Å²) in [5.41, 5.74) is 6.50. The summed E-state index contributed by atoms with van der Waals surface area (Å²) in [5, 5.41) is 0.673. The van der Waals surface area contributed by atoms with Crippen LogP contribution in [0.1, 0.15) is 42.0 Å². The van der Waals surface area contributed by atoms with Crippen LogP contribution >= 0.6 is 0 Å². The van der Waals surface area contributed by atoms with Crippen LogP contribution in [0.3, 0.4) is 0 Å². The standard InChI is InChI=1S/C21H20F3N5/c1-12(15-7-4-8-16(19(15)22)20(23)24)27-21-17-10-14(6-5-9-25)26-11-18(17)29(3)13(2)28-21/h4,7-8,10-12,20H,9,25H2,1-3H3. The molecule has 1 atom stereocenters. The SMILES string of the molecule is Cc1nc(=NC(C)c2cccc(C(F)F)c2F)c2cc(C#CCN)ncc2n1C. The molecule has 0 aliphatic heterocycles. The molecule has 0 radical (unpaired) electrons. The number of aromatic nitrogens is 3. The molecule has 0 spiro atoms. The van der Waals surface area contributed by atoms with Gasteiger partial charge in [-0.15, -0.1) is 0 Å². The highest BCUT2D eigenvalue weighted by Gasteiger charge is 2.19. The predicted octanol–water partition coefficient (Wildman–Crippen LogP) is 3.33. The van der Waals surface area contributed by atoms with E-state index in [1.165, 1.54) is 12.1 Å². The van der Waals surface area contributed by atoms with Crippen molar-refractivity contribution < 1.29 is 13.2 Å². The van der Waals surface area contributed by atoms with Gasteiger partial charge in [0.1, 0.15) is 17.3 Å². The molecule has 150 valence electrons. The molecular weight excluding hydrogens is 379 g/mol. The van der Waals surface area contributed by atoms with Crippen molar-refractivity contribution in [3.05, 3.63) is 64.4 Å². The molecule has 3 rings (SSSR count). The number of fused-ring (bicyclic) bond motifs is 1. The van der Waals surface area contributed by atoms with Gasteiger partial charge in [0, 0.05) is 18.0 Å². The van der Waals surface area contributed by atoms with Crippen molar-refractivity contribution in [3.63, 3.8) is 0 Å². The van der Waals surface area contributed by atoms with Crippen LogP contribution in [0.4, 0.5) is 13.2 Å². The van der Waals surface area contributed by atoms with Crippen LogP contribution in [0.15, 0.2) is 35.5 Å². The van der Waals surface area contributed by atoms with Gasteiger partial charge in [-0.2, -0.15) is 0 Å². The van der Waals surface area contributed by atoms with E-state index in [9.17, 15) is 13.2 Å². The Balaban J connectivity index is 2.21. The zero-order valence-electron chi connectivity index (χ0n) is 16.2. The summed E-state index contributed by atoms with van der Waals surface area (Å²) in [5.74, 6) is 5.33. The molecule has 0 aliphatic carbocycles.